The normalized spacial score (nSPS) is 24.0. The van der Waals surface area contributed by atoms with E-state index < -0.39 is 42.1 Å². The van der Waals surface area contributed by atoms with Gasteiger partial charge in [-0.05, 0) is 52.0 Å². The second-order valence-electron chi connectivity index (χ2n) is 14.1. The number of esters is 1. The predicted molar refractivity (Wildman–Crippen MR) is 189 cm³/mol. The van der Waals surface area contributed by atoms with Crippen LogP contribution in [0.1, 0.15) is 113 Å². The summed E-state index contributed by atoms with van der Waals surface area (Å²) in [5.41, 5.74) is -0.599. The van der Waals surface area contributed by atoms with Crippen LogP contribution in [0.15, 0.2) is 36.5 Å². The average molecular weight is 682 g/mol. The summed E-state index contributed by atoms with van der Waals surface area (Å²) in [6.45, 7) is 19.5. The van der Waals surface area contributed by atoms with Gasteiger partial charge in [-0.1, -0.05) is 84.6 Å². The zero-order valence-electron chi connectivity index (χ0n) is 31.2. The molecule has 0 aromatic carbocycles. The first kappa shape index (κ1) is 43.8. The Kier molecular flexibility index (Phi) is 20.5. The number of aliphatic hydroxyl groups excluding tert-OH is 2. The van der Waals surface area contributed by atoms with Gasteiger partial charge < -0.3 is 39.6 Å². The Morgan fingerprint density at radius 1 is 1.04 bits per heavy atom. The highest BCUT2D eigenvalue weighted by Gasteiger charge is 2.48. The van der Waals surface area contributed by atoms with Gasteiger partial charge in [-0.15, -0.1) is 6.58 Å². The number of amides is 1. The molecule has 2 aliphatic rings. The predicted octanol–water partition coefficient (Wildman–Crippen LogP) is 6.42. The first-order chi connectivity index (χ1) is 22.6. The van der Waals surface area contributed by atoms with Gasteiger partial charge in [-0.3, -0.25) is 4.79 Å². The lowest BCUT2D eigenvalue weighted by molar-refractivity contribution is -0.151. The van der Waals surface area contributed by atoms with Crippen molar-refractivity contribution in [2.45, 2.75) is 161 Å². The second-order valence-corrected chi connectivity index (χ2v) is 14.1. The van der Waals surface area contributed by atoms with Crippen LogP contribution < -0.4 is 5.32 Å². The Morgan fingerprint density at radius 2 is 1.67 bits per heavy atom. The molecule has 10 atom stereocenters. The zero-order valence-corrected chi connectivity index (χ0v) is 31.2. The van der Waals surface area contributed by atoms with Gasteiger partial charge in [0.05, 0.1) is 36.9 Å². The van der Waals surface area contributed by atoms with E-state index in [4.69, 9.17) is 18.9 Å². The molecule has 1 heterocycles. The van der Waals surface area contributed by atoms with Crippen molar-refractivity contribution < 1.29 is 43.9 Å². The number of methoxy groups -OCH3 is 1. The summed E-state index contributed by atoms with van der Waals surface area (Å²) < 4.78 is 22.1. The fraction of sp³-hybridized carbons (Fsp3) is 0.789. The zero-order chi connectivity index (χ0) is 36.4. The number of nitrogens with one attached hydrogen (secondary N) is 1. The third kappa shape index (κ3) is 16.0. The van der Waals surface area contributed by atoms with Crippen molar-refractivity contribution in [2.24, 2.45) is 17.8 Å². The van der Waals surface area contributed by atoms with Gasteiger partial charge in [0.1, 0.15) is 18.3 Å². The third-order valence-corrected chi connectivity index (χ3v) is 9.23. The van der Waals surface area contributed by atoms with E-state index in [2.05, 4.69) is 25.7 Å². The van der Waals surface area contributed by atoms with E-state index in [9.17, 15) is 24.9 Å². The Labute approximate surface area is 290 Å². The Bertz CT molecular complexity index is 1010. The third-order valence-electron chi connectivity index (χ3n) is 9.23. The van der Waals surface area contributed by atoms with Crippen molar-refractivity contribution in [3.05, 3.63) is 36.5 Å². The molecule has 0 bridgehead atoms. The molecule has 48 heavy (non-hydrogen) atoms. The molecule has 1 saturated heterocycles. The van der Waals surface area contributed by atoms with Crippen LogP contribution >= 0.6 is 0 Å². The number of aliphatic hydroxyl groups is 3. The molecule has 278 valence electrons. The number of hydrogen-bond donors (Lipinski definition) is 4. The SMILES string of the molecule is C=CC(C)C(OC(=O)CC(O)CCC(C)(O)C(C)OC(=O)NC1CCCCC1)/C(C)=C/C=C/C(C)C(O)C1OC1C(C)COC.CCC. The summed E-state index contributed by atoms with van der Waals surface area (Å²) in [5, 5.41) is 35.0. The lowest BCUT2D eigenvalue weighted by atomic mass is 9.92. The van der Waals surface area contributed by atoms with Crippen LogP contribution in [0.2, 0.25) is 0 Å². The monoisotopic (exact) mass is 681 g/mol. The quantitative estimate of drug-likeness (QED) is 0.0525. The minimum Gasteiger partial charge on any atom is -0.457 e. The van der Waals surface area contributed by atoms with Crippen LogP contribution in [0.5, 0.6) is 0 Å². The summed E-state index contributed by atoms with van der Waals surface area (Å²) in [4.78, 5) is 25.1. The summed E-state index contributed by atoms with van der Waals surface area (Å²) in [7, 11) is 1.65. The van der Waals surface area contributed by atoms with E-state index in [1.165, 1.54) is 12.8 Å². The standard InChI is InChI=1S/C35H59NO9.C3H8/c1-9-22(2)31(24(4)15-13-14-23(3)30(39)33-32(45-33)25(5)21-42-8)44-29(38)20-28(37)18-19-35(7,41)26(6)43-34(40)36-27-16-11-10-12-17-27;1-3-2/h9,13-15,22-23,25-28,30-33,37,39,41H,1,10-12,16-21H2,2-8H3,(H,36,40);3H2,1-2H3/b14-13+,24-15+;. The molecule has 0 radical (unpaired) electrons. The van der Waals surface area contributed by atoms with Gasteiger partial charge >= 0.3 is 12.1 Å². The maximum atomic E-state index is 12.8. The van der Waals surface area contributed by atoms with E-state index in [0.717, 1.165) is 31.3 Å². The molecule has 4 N–H and O–H groups in total. The van der Waals surface area contributed by atoms with Gasteiger partial charge in [0.25, 0.3) is 0 Å². The molecule has 1 aliphatic heterocycles. The minimum absolute atomic E-state index is 0.0130. The highest BCUT2D eigenvalue weighted by Crippen LogP contribution is 2.35. The van der Waals surface area contributed by atoms with Crippen LogP contribution in [-0.4, -0.2) is 89.4 Å². The molecule has 1 aliphatic carbocycles. The molecule has 1 saturated carbocycles. The number of carbonyl (C=O) groups is 2. The number of carbonyl (C=O) groups excluding carboxylic acids is 2. The summed E-state index contributed by atoms with van der Waals surface area (Å²) in [5.74, 6) is -0.694. The van der Waals surface area contributed by atoms with Gasteiger partial charge in [-0.25, -0.2) is 4.79 Å². The van der Waals surface area contributed by atoms with Crippen molar-refractivity contribution in [1.82, 2.24) is 5.32 Å². The molecule has 0 aromatic heterocycles. The highest BCUT2D eigenvalue weighted by atomic mass is 16.6. The number of hydrogen-bond acceptors (Lipinski definition) is 9. The lowest BCUT2D eigenvalue weighted by Gasteiger charge is -2.31. The number of epoxide rings is 1. The second kappa shape index (κ2) is 22.5. The maximum Gasteiger partial charge on any atom is 0.407 e. The summed E-state index contributed by atoms with van der Waals surface area (Å²) in [6.07, 6.45) is 9.86. The largest absolute Gasteiger partial charge is 0.457 e. The van der Waals surface area contributed by atoms with Gasteiger partial charge in [0, 0.05) is 30.9 Å². The molecule has 1 amide bonds. The van der Waals surface area contributed by atoms with Crippen molar-refractivity contribution in [3.8, 4) is 0 Å². The van der Waals surface area contributed by atoms with E-state index in [-0.39, 0.29) is 55.3 Å². The van der Waals surface area contributed by atoms with Crippen LogP contribution in [-0.2, 0) is 23.7 Å². The van der Waals surface area contributed by atoms with Crippen LogP contribution in [0.25, 0.3) is 0 Å². The Balaban J connectivity index is 0.00000369. The molecule has 10 heteroatoms. The Morgan fingerprint density at radius 3 is 2.25 bits per heavy atom. The van der Waals surface area contributed by atoms with Gasteiger partial charge in [0.15, 0.2) is 0 Å². The highest BCUT2D eigenvalue weighted by molar-refractivity contribution is 5.70. The maximum absolute atomic E-state index is 12.8. The fourth-order valence-electron chi connectivity index (χ4n) is 5.74. The van der Waals surface area contributed by atoms with Crippen molar-refractivity contribution in [3.63, 3.8) is 0 Å². The molecule has 2 fully saturated rings. The number of ether oxygens (including phenoxy) is 4. The van der Waals surface area contributed by atoms with Gasteiger partial charge in [0.2, 0.25) is 0 Å². The number of alkyl carbamates (subject to hydrolysis) is 1. The fourth-order valence-corrected chi connectivity index (χ4v) is 5.74. The summed E-state index contributed by atoms with van der Waals surface area (Å²) in [6, 6.07) is 0.0979. The van der Waals surface area contributed by atoms with Crippen molar-refractivity contribution >= 4 is 12.1 Å². The van der Waals surface area contributed by atoms with Crippen LogP contribution in [0.3, 0.4) is 0 Å². The molecule has 2 rings (SSSR count). The van der Waals surface area contributed by atoms with Crippen LogP contribution in [0.4, 0.5) is 4.79 Å². The number of allylic oxidation sites excluding steroid dienone is 2. The number of rotatable bonds is 19. The topological polar surface area (TPSA) is 147 Å². The van der Waals surface area contributed by atoms with E-state index in [0.29, 0.717) is 6.61 Å². The summed E-state index contributed by atoms with van der Waals surface area (Å²) >= 11 is 0. The molecule has 10 nitrogen and oxygen atoms in total. The first-order valence-electron chi connectivity index (χ1n) is 18.0. The molecule has 0 aromatic rings. The van der Waals surface area contributed by atoms with E-state index in [1.54, 1.807) is 27.0 Å². The van der Waals surface area contributed by atoms with Crippen molar-refractivity contribution in [2.75, 3.05) is 13.7 Å². The molecule has 0 spiro atoms. The van der Waals surface area contributed by atoms with Crippen LogP contribution in [0, 0.1) is 17.8 Å². The van der Waals surface area contributed by atoms with Gasteiger partial charge in [-0.2, -0.15) is 0 Å². The molecule has 10 unspecified atom stereocenters. The lowest BCUT2D eigenvalue weighted by Crippen LogP contribution is -2.45. The minimum atomic E-state index is -1.39. The molecular formula is C38H67NO9. The van der Waals surface area contributed by atoms with E-state index >= 15 is 0 Å². The van der Waals surface area contributed by atoms with E-state index in [1.807, 2.05) is 45.9 Å². The first-order valence-corrected chi connectivity index (χ1v) is 18.0. The van der Waals surface area contributed by atoms with Crippen molar-refractivity contribution in [1.29, 1.82) is 0 Å². The average Bonchev–Trinajstić information content (AvgIpc) is 3.84. The Hall–Kier alpha value is -2.24. The smallest absolute Gasteiger partial charge is 0.407 e. The molecular weight excluding hydrogens is 614 g/mol.